The van der Waals surface area contributed by atoms with E-state index in [1.165, 1.54) is 0 Å². The Morgan fingerprint density at radius 3 is 2.56 bits per heavy atom. The van der Waals surface area contributed by atoms with Gasteiger partial charge in [0.25, 0.3) is 0 Å². The van der Waals surface area contributed by atoms with Gasteiger partial charge in [0.15, 0.2) is 0 Å². The molecule has 1 aliphatic heterocycles. The summed E-state index contributed by atoms with van der Waals surface area (Å²) in [5.41, 5.74) is 0.914. The molecule has 1 fully saturated rings. The van der Waals surface area contributed by atoms with Crippen molar-refractivity contribution in [3.8, 4) is 0 Å². The van der Waals surface area contributed by atoms with E-state index in [0.29, 0.717) is 6.42 Å². The van der Waals surface area contributed by atoms with Gasteiger partial charge in [-0.3, -0.25) is 4.79 Å². The number of halogens is 4. The van der Waals surface area contributed by atoms with Gasteiger partial charge in [0.05, 0.1) is 10.9 Å². The molecule has 1 aliphatic rings. The summed E-state index contributed by atoms with van der Waals surface area (Å²) in [5, 5.41) is 0. The number of cyclic esters (lactones) is 1. The number of amides is 2. The van der Waals surface area contributed by atoms with Crippen molar-refractivity contribution in [2.75, 3.05) is 6.61 Å². The van der Waals surface area contributed by atoms with Crippen LogP contribution in [0.25, 0.3) is 0 Å². The van der Waals surface area contributed by atoms with Crippen molar-refractivity contribution in [2.45, 2.75) is 43.2 Å². The highest BCUT2D eigenvalue weighted by Crippen LogP contribution is 2.33. The number of carbonyl (C=O) groups excluding carboxylic acids is 2. The van der Waals surface area contributed by atoms with Gasteiger partial charge in [0, 0.05) is 6.42 Å². The van der Waals surface area contributed by atoms with Crippen molar-refractivity contribution in [1.29, 1.82) is 0 Å². The molecule has 0 aromatic heterocycles. The predicted octanol–water partition coefficient (Wildman–Crippen LogP) is 4.32. The molecule has 138 valence electrons. The van der Waals surface area contributed by atoms with E-state index in [-0.39, 0.29) is 13.0 Å². The molecule has 0 bridgehead atoms. The van der Waals surface area contributed by atoms with Crippen molar-refractivity contribution in [2.24, 2.45) is 5.92 Å². The second-order valence-electron chi connectivity index (χ2n) is 6.02. The number of carbonyl (C=O) groups is 2. The van der Waals surface area contributed by atoms with Crippen LogP contribution in [0.15, 0.2) is 30.3 Å². The third kappa shape index (κ3) is 5.20. The third-order valence-electron chi connectivity index (χ3n) is 4.18. The summed E-state index contributed by atoms with van der Waals surface area (Å²) in [7, 11) is 0. The zero-order valence-corrected chi connectivity index (χ0v) is 15.2. The molecule has 8 heteroatoms. The lowest BCUT2D eigenvalue weighted by molar-refractivity contribution is -0.147. The molecule has 2 unspecified atom stereocenters. The molecule has 0 spiro atoms. The van der Waals surface area contributed by atoms with Gasteiger partial charge in [-0.15, -0.1) is 0 Å². The van der Waals surface area contributed by atoms with Crippen molar-refractivity contribution in [3.63, 3.8) is 0 Å². The summed E-state index contributed by atoms with van der Waals surface area (Å²) >= 11 is 3.07. The van der Waals surface area contributed by atoms with Gasteiger partial charge in [-0.05, 0) is 17.9 Å². The van der Waals surface area contributed by atoms with Gasteiger partial charge in [-0.25, -0.2) is 9.69 Å². The highest BCUT2D eigenvalue weighted by atomic mass is 79.9. The summed E-state index contributed by atoms with van der Waals surface area (Å²) in [6.07, 6.45) is -5.71. The number of ether oxygens (including phenoxy) is 1. The number of imide groups is 1. The van der Waals surface area contributed by atoms with Gasteiger partial charge in [-0.1, -0.05) is 59.6 Å². The lowest BCUT2D eigenvalue weighted by Crippen LogP contribution is -2.46. The fourth-order valence-electron chi connectivity index (χ4n) is 2.85. The highest BCUT2D eigenvalue weighted by Gasteiger charge is 2.44. The van der Waals surface area contributed by atoms with Crippen LogP contribution < -0.4 is 0 Å². The van der Waals surface area contributed by atoms with Crippen LogP contribution in [0.4, 0.5) is 18.0 Å². The minimum Gasteiger partial charge on any atom is -0.447 e. The van der Waals surface area contributed by atoms with Crippen LogP contribution in [0.2, 0.25) is 0 Å². The van der Waals surface area contributed by atoms with Crippen LogP contribution >= 0.6 is 15.9 Å². The number of benzene rings is 1. The first-order chi connectivity index (χ1) is 11.7. The monoisotopic (exact) mass is 421 g/mol. The van der Waals surface area contributed by atoms with Crippen LogP contribution in [0, 0.1) is 5.92 Å². The van der Waals surface area contributed by atoms with Crippen LogP contribution in [0.5, 0.6) is 0 Å². The van der Waals surface area contributed by atoms with Crippen molar-refractivity contribution < 1.29 is 27.5 Å². The average Bonchev–Trinajstić information content (AvgIpc) is 2.92. The van der Waals surface area contributed by atoms with Gasteiger partial charge in [0.2, 0.25) is 5.91 Å². The fraction of sp³-hybridized carbons (Fsp3) is 0.529. The maximum Gasteiger partial charge on any atom is 0.417 e. The molecule has 0 saturated carbocycles. The van der Waals surface area contributed by atoms with Crippen molar-refractivity contribution >= 4 is 27.9 Å². The molecule has 4 nitrogen and oxygen atoms in total. The summed E-state index contributed by atoms with van der Waals surface area (Å²) in [6.45, 7) is 1.62. The Balaban J connectivity index is 2.12. The largest absolute Gasteiger partial charge is 0.447 e. The molecule has 0 radical (unpaired) electrons. The Labute approximate surface area is 152 Å². The van der Waals surface area contributed by atoms with Crippen LogP contribution in [-0.4, -0.2) is 40.6 Å². The Bertz CT molecular complexity index is 609. The van der Waals surface area contributed by atoms with Gasteiger partial charge < -0.3 is 4.74 Å². The summed E-state index contributed by atoms with van der Waals surface area (Å²) in [6, 6.07) is 8.71. The van der Waals surface area contributed by atoms with Crippen LogP contribution in [-0.2, 0) is 16.0 Å². The molecule has 1 aromatic rings. The average molecular weight is 422 g/mol. The Hall–Kier alpha value is -1.57. The van der Waals surface area contributed by atoms with Crippen molar-refractivity contribution in [1.82, 2.24) is 4.90 Å². The first-order valence-electron chi connectivity index (χ1n) is 7.97. The van der Waals surface area contributed by atoms with Crippen LogP contribution in [0.3, 0.4) is 0 Å². The third-order valence-corrected chi connectivity index (χ3v) is 5.32. The zero-order valence-electron chi connectivity index (χ0n) is 13.6. The normalized spacial score (nSPS) is 20.3. The Morgan fingerprint density at radius 1 is 1.36 bits per heavy atom. The second kappa shape index (κ2) is 8.21. The maximum absolute atomic E-state index is 12.7. The van der Waals surface area contributed by atoms with Gasteiger partial charge >= 0.3 is 12.3 Å². The molecular weight excluding hydrogens is 403 g/mol. The van der Waals surface area contributed by atoms with Gasteiger partial charge in [-0.2, -0.15) is 13.2 Å². The van der Waals surface area contributed by atoms with E-state index in [1.807, 2.05) is 30.3 Å². The quantitative estimate of drug-likeness (QED) is 0.642. The second-order valence-corrected chi connectivity index (χ2v) is 7.00. The highest BCUT2D eigenvalue weighted by molar-refractivity contribution is 9.10. The summed E-state index contributed by atoms with van der Waals surface area (Å²) in [5.74, 6) is -1.63. The summed E-state index contributed by atoms with van der Waals surface area (Å²) in [4.78, 5) is 24.5. The molecule has 2 amide bonds. The van der Waals surface area contributed by atoms with E-state index in [4.69, 9.17) is 4.74 Å². The van der Waals surface area contributed by atoms with Crippen LogP contribution in [0.1, 0.15) is 25.3 Å². The smallest absolute Gasteiger partial charge is 0.417 e. The molecular formula is C17H19BrF3NO3. The Morgan fingerprint density at radius 2 is 2.00 bits per heavy atom. The van der Waals surface area contributed by atoms with Gasteiger partial charge in [0.1, 0.15) is 6.61 Å². The first-order valence-corrected chi connectivity index (χ1v) is 8.89. The molecule has 1 aromatic carbocycles. The zero-order chi connectivity index (χ0) is 18.6. The van der Waals surface area contributed by atoms with E-state index >= 15 is 0 Å². The minimum atomic E-state index is -4.37. The molecule has 0 aliphatic carbocycles. The Kier molecular flexibility index (Phi) is 6.48. The number of nitrogens with zero attached hydrogens (tertiary/aromatic N) is 1. The molecule has 0 N–H and O–H groups in total. The lowest BCUT2D eigenvalue weighted by Gasteiger charge is -2.27. The van der Waals surface area contributed by atoms with E-state index in [0.717, 1.165) is 10.5 Å². The molecule has 1 heterocycles. The first kappa shape index (κ1) is 19.8. The topological polar surface area (TPSA) is 46.6 Å². The fourth-order valence-corrected chi connectivity index (χ4v) is 3.63. The van der Waals surface area contributed by atoms with E-state index < -0.39 is 41.4 Å². The molecule has 1 saturated heterocycles. The van der Waals surface area contributed by atoms with E-state index in [1.54, 1.807) is 6.92 Å². The number of hydrogen-bond acceptors (Lipinski definition) is 3. The number of rotatable bonds is 6. The summed E-state index contributed by atoms with van der Waals surface area (Å²) < 4.78 is 43.1. The molecule has 25 heavy (non-hydrogen) atoms. The van der Waals surface area contributed by atoms with Crippen molar-refractivity contribution in [3.05, 3.63) is 35.9 Å². The van der Waals surface area contributed by atoms with E-state index in [9.17, 15) is 22.8 Å². The minimum absolute atomic E-state index is 0.0370. The predicted molar refractivity (Wildman–Crippen MR) is 89.3 cm³/mol. The lowest BCUT2D eigenvalue weighted by atomic mass is 9.96. The standard InChI is InChI=1S/C17H19BrF3NO3/c1-2-12(9-17(19,20)21)14(18)15(23)22-13(10-25-16(22)24)8-11-6-4-3-5-7-11/h3-7,12-14H,2,8-10H2,1H3/t12?,13-,14?/m1/s1. The molecule has 2 rings (SSSR count). The molecule has 3 atom stereocenters. The van der Waals surface area contributed by atoms with E-state index in [2.05, 4.69) is 15.9 Å². The SMILES string of the molecule is CCC(CC(F)(F)F)C(Br)C(=O)N1C(=O)OC[C@H]1Cc1ccccc1. The number of hydrogen-bond donors (Lipinski definition) is 0. The maximum atomic E-state index is 12.7. The number of alkyl halides is 4.